The molecule has 0 aliphatic heterocycles. The third-order valence-electron chi connectivity index (χ3n) is 3.18. The highest BCUT2D eigenvalue weighted by Crippen LogP contribution is 2.33. The van der Waals surface area contributed by atoms with Gasteiger partial charge in [0.15, 0.2) is 0 Å². The second-order valence-electron chi connectivity index (χ2n) is 4.63. The summed E-state index contributed by atoms with van der Waals surface area (Å²) >= 11 is 1.66. The molecule has 0 atom stereocenters. The highest BCUT2D eigenvalue weighted by Gasteiger charge is 2.11. The number of carbonyl (C=O) groups is 1. The van der Waals surface area contributed by atoms with Crippen LogP contribution in [-0.2, 0) is 4.79 Å². The van der Waals surface area contributed by atoms with Crippen molar-refractivity contribution in [3.8, 4) is 21.8 Å². The maximum absolute atomic E-state index is 10.5. The monoisotopic (exact) mass is 294 g/mol. The maximum Gasteiger partial charge on any atom is 0.211 e. The molecule has 0 aliphatic rings. The SMILES string of the molecule is Cc1sc(-c2cccc(NC=O)c2)nc1-c1ccccc1. The first-order chi connectivity index (χ1) is 10.3. The Hall–Kier alpha value is -2.46. The molecule has 0 aliphatic carbocycles. The minimum atomic E-state index is 0.682. The molecule has 0 spiro atoms. The van der Waals surface area contributed by atoms with E-state index in [9.17, 15) is 4.79 Å². The number of aryl methyl sites for hydroxylation is 1. The van der Waals surface area contributed by atoms with Gasteiger partial charge < -0.3 is 5.32 Å². The Morgan fingerprint density at radius 2 is 1.81 bits per heavy atom. The standard InChI is InChI=1S/C17H14N2OS/c1-12-16(13-6-3-2-4-7-13)19-17(21-12)14-8-5-9-15(10-14)18-11-20/h2-11H,1H3,(H,18,20). The molecule has 4 heteroatoms. The molecule has 21 heavy (non-hydrogen) atoms. The Balaban J connectivity index is 2.01. The van der Waals surface area contributed by atoms with Gasteiger partial charge in [-0.2, -0.15) is 0 Å². The van der Waals surface area contributed by atoms with Crippen LogP contribution >= 0.6 is 11.3 Å². The number of hydrogen-bond donors (Lipinski definition) is 1. The third-order valence-corrected chi connectivity index (χ3v) is 4.20. The quantitative estimate of drug-likeness (QED) is 0.727. The minimum absolute atomic E-state index is 0.682. The van der Waals surface area contributed by atoms with Crippen molar-refractivity contribution in [3.63, 3.8) is 0 Å². The van der Waals surface area contributed by atoms with Crippen molar-refractivity contribution in [2.24, 2.45) is 0 Å². The fourth-order valence-corrected chi connectivity index (χ4v) is 3.13. The number of amides is 1. The lowest BCUT2D eigenvalue weighted by molar-refractivity contribution is -0.105. The van der Waals surface area contributed by atoms with Crippen LogP contribution in [0.15, 0.2) is 54.6 Å². The largest absolute Gasteiger partial charge is 0.329 e. The molecule has 1 amide bonds. The summed E-state index contributed by atoms with van der Waals surface area (Å²) in [6.45, 7) is 2.08. The number of aromatic nitrogens is 1. The van der Waals surface area contributed by atoms with Crippen molar-refractivity contribution in [1.29, 1.82) is 0 Å². The van der Waals surface area contributed by atoms with Gasteiger partial charge in [0.2, 0.25) is 6.41 Å². The smallest absolute Gasteiger partial charge is 0.211 e. The molecule has 2 aromatic carbocycles. The summed E-state index contributed by atoms with van der Waals surface area (Å²) in [5.74, 6) is 0. The van der Waals surface area contributed by atoms with Gasteiger partial charge in [-0.1, -0.05) is 42.5 Å². The Bertz CT molecular complexity index is 765. The van der Waals surface area contributed by atoms with Crippen molar-refractivity contribution >= 4 is 23.4 Å². The van der Waals surface area contributed by atoms with Crippen LogP contribution in [0.4, 0.5) is 5.69 Å². The van der Waals surface area contributed by atoms with E-state index in [1.54, 1.807) is 11.3 Å². The summed E-state index contributed by atoms with van der Waals surface area (Å²) in [7, 11) is 0. The molecule has 1 heterocycles. The van der Waals surface area contributed by atoms with Crippen molar-refractivity contribution in [2.75, 3.05) is 5.32 Å². The highest BCUT2D eigenvalue weighted by molar-refractivity contribution is 7.15. The zero-order valence-electron chi connectivity index (χ0n) is 11.5. The number of rotatable bonds is 4. The molecule has 3 aromatic rings. The first-order valence-electron chi connectivity index (χ1n) is 6.61. The average molecular weight is 294 g/mol. The van der Waals surface area contributed by atoms with Gasteiger partial charge in [0.25, 0.3) is 0 Å². The van der Waals surface area contributed by atoms with E-state index >= 15 is 0 Å². The van der Waals surface area contributed by atoms with Crippen molar-refractivity contribution in [2.45, 2.75) is 6.92 Å². The van der Waals surface area contributed by atoms with E-state index in [1.807, 2.05) is 42.5 Å². The van der Waals surface area contributed by atoms with Crippen LogP contribution in [-0.4, -0.2) is 11.4 Å². The lowest BCUT2D eigenvalue weighted by Crippen LogP contribution is -1.93. The molecule has 104 valence electrons. The summed E-state index contributed by atoms with van der Waals surface area (Å²) in [6, 6.07) is 17.9. The predicted octanol–water partition coefficient (Wildman–Crippen LogP) is 4.35. The van der Waals surface area contributed by atoms with E-state index < -0.39 is 0 Å². The first-order valence-corrected chi connectivity index (χ1v) is 7.43. The van der Waals surface area contributed by atoms with Crippen LogP contribution in [0.2, 0.25) is 0 Å². The fourth-order valence-electron chi connectivity index (χ4n) is 2.19. The van der Waals surface area contributed by atoms with Crippen molar-refractivity contribution in [1.82, 2.24) is 4.98 Å². The van der Waals surface area contributed by atoms with E-state index in [4.69, 9.17) is 4.98 Å². The normalized spacial score (nSPS) is 10.3. The van der Waals surface area contributed by atoms with Crippen molar-refractivity contribution < 1.29 is 4.79 Å². The number of hydrogen-bond acceptors (Lipinski definition) is 3. The Labute approximate surface area is 127 Å². The number of benzene rings is 2. The van der Waals surface area contributed by atoms with Crippen LogP contribution in [0, 0.1) is 6.92 Å². The maximum atomic E-state index is 10.5. The van der Waals surface area contributed by atoms with Gasteiger partial charge in [-0.05, 0) is 19.1 Å². The second-order valence-corrected chi connectivity index (χ2v) is 5.84. The molecule has 0 saturated heterocycles. The van der Waals surface area contributed by atoms with Crippen LogP contribution in [0.3, 0.4) is 0 Å². The molecule has 1 aromatic heterocycles. The topological polar surface area (TPSA) is 42.0 Å². The van der Waals surface area contributed by atoms with Crippen LogP contribution < -0.4 is 5.32 Å². The van der Waals surface area contributed by atoms with Gasteiger partial charge >= 0.3 is 0 Å². The molecular weight excluding hydrogens is 280 g/mol. The van der Waals surface area contributed by atoms with E-state index in [1.165, 1.54) is 4.88 Å². The molecular formula is C17H14N2OS. The Morgan fingerprint density at radius 1 is 1.05 bits per heavy atom. The zero-order valence-corrected chi connectivity index (χ0v) is 12.4. The summed E-state index contributed by atoms with van der Waals surface area (Å²) in [4.78, 5) is 16.5. The molecule has 3 rings (SSSR count). The zero-order chi connectivity index (χ0) is 14.7. The molecule has 0 saturated carbocycles. The first kappa shape index (κ1) is 13.5. The lowest BCUT2D eigenvalue weighted by Gasteiger charge is -2.01. The van der Waals surface area contributed by atoms with Gasteiger partial charge in [0.1, 0.15) is 5.01 Å². The number of nitrogens with one attached hydrogen (secondary N) is 1. The molecule has 1 N–H and O–H groups in total. The minimum Gasteiger partial charge on any atom is -0.329 e. The van der Waals surface area contributed by atoms with Gasteiger partial charge in [-0.3, -0.25) is 4.79 Å². The average Bonchev–Trinajstić information content (AvgIpc) is 2.91. The lowest BCUT2D eigenvalue weighted by atomic mass is 10.1. The second kappa shape index (κ2) is 5.89. The number of thiazole rings is 1. The Kier molecular flexibility index (Phi) is 3.79. The predicted molar refractivity (Wildman–Crippen MR) is 87.4 cm³/mol. The molecule has 0 radical (unpaired) electrons. The van der Waals surface area contributed by atoms with Gasteiger partial charge in [0, 0.05) is 21.7 Å². The van der Waals surface area contributed by atoms with Crippen LogP contribution in [0.25, 0.3) is 21.8 Å². The van der Waals surface area contributed by atoms with Gasteiger partial charge in [0.05, 0.1) is 5.69 Å². The molecule has 3 nitrogen and oxygen atoms in total. The fraction of sp³-hybridized carbons (Fsp3) is 0.0588. The Morgan fingerprint density at radius 3 is 2.57 bits per heavy atom. The molecule has 0 bridgehead atoms. The van der Waals surface area contributed by atoms with Gasteiger partial charge in [-0.25, -0.2) is 4.98 Å². The summed E-state index contributed by atoms with van der Waals surface area (Å²) in [5, 5.41) is 3.63. The van der Waals surface area contributed by atoms with E-state index in [2.05, 4.69) is 24.4 Å². The highest BCUT2D eigenvalue weighted by atomic mass is 32.1. The van der Waals surface area contributed by atoms with Crippen LogP contribution in [0.1, 0.15) is 4.88 Å². The van der Waals surface area contributed by atoms with Crippen molar-refractivity contribution in [3.05, 3.63) is 59.5 Å². The number of anilines is 1. The molecule has 0 unspecified atom stereocenters. The number of nitrogens with zero attached hydrogens (tertiary/aromatic N) is 1. The summed E-state index contributed by atoms with van der Waals surface area (Å²) < 4.78 is 0. The van der Waals surface area contributed by atoms with E-state index in [0.29, 0.717) is 6.41 Å². The third kappa shape index (κ3) is 2.85. The van der Waals surface area contributed by atoms with E-state index in [-0.39, 0.29) is 0 Å². The van der Waals surface area contributed by atoms with Gasteiger partial charge in [-0.15, -0.1) is 11.3 Å². The van der Waals surface area contributed by atoms with Crippen LogP contribution in [0.5, 0.6) is 0 Å². The van der Waals surface area contributed by atoms with E-state index in [0.717, 1.165) is 27.5 Å². The summed E-state index contributed by atoms with van der Waals surface area (Å²) in [6.07, 6.45) is 0.682. The number of carbonyl (C=O) groups excluding carboxylic acids is 1. The summed E-state index contributed by atoms with van der Waals surface area (Å²) in [5.41, 5.74) is 3.93. The molecule has 0 fully saturated rings.